The molecule has 180 valence electrons. The van der Waals surface area contributed by atoms with Crippen LogP contribution < -0.4 is 15.0 Å². The summed E-state index contributed by atoms with van der Waals surface area (Å²) < 4.78 is 8.55. The van der Waals surface area contributed by atoms with Gasteiger partial charge in [-0.2, -0.15) is 4.98 Å². The number of piperidine rings is 1. The van der Waals surface area contributed by atoms with E-state index in [2.05, 4.69) is 82.8 Å². The average Bonchev–Trinajstić information content (AvgIpc) is 3.41. The van der Waals surface area contributed by atoms with Gasteiger partial charge in [0.25, 0.3) is 0 Å². The van der Waals surface area contributed by atoms with Gasteiger partial charge in [-0.15, -0.1) is 0 Å². The summed E-state index contributed by atoms with van der Waals surface area (Å²) in [6.45, 7) is 6.89. The van der Waals surface area contributed by atoms with Crippen molar-refractivity contribution >= 4 is 39.9 Å². The van der Waals surface area contributed by atoms with E-state index < -0.39 is 0 Å². The summed E-state index contributed by atoms with van der Waals surface area (Å²) in [4.78, 5) is 20.8. The Bertz CT molecular complexity index is 1090. The molecule has 1 N–H and O–H groups in total. The molecule has 5 rings (SSSR count). The lowest BCUT2D eigenvalue weighted by Gasteiger charge is -2.42. The Balaban J connectivity index is 1.26. The maximum absolute atomic E-state index is 5.73. The quantitative estimate of drug-likeness (QED) is 0.450. The van der Waals surface area contributed by atoms with E-state index in [0.717, 1.165) is 33.9 Å². The van der Waals surface area contributed by atoms with Crippen molar-refractivity contribution < 1.29 is 4.74 Å². The van der Waals surface area contributed by atoms with E-state index in [1.54, 1.807) is 25.8 Å². The third kappa shape index (κ3) is 5.13. The zero-order valence-electron chi connectivity index (χ0n) is 19.7. The number of benzene rings is 1. The van der Waals surface area contributed by atoms with Crippen molar-refractivity contribution in [3.8, 4) is 11.6 Å². The Hall–Kier alpha value is -2.44. The van der Waals surface area contributed by atoms with Crippen LogP contribution in [0.4, 0.5) is 17.3 Å². The van der Waals surface area contributed by atoms with Gasteiger partial charge in [0.15, 0.2) is 5.82 Å². The van der Waals surface area contributed by atoms with E-state index in [1.807, 2.05) is 10.8 Å². The first-order valence-electron chi connectivity index (χ1n) is 11.7. The lowest BCUT2D eigenvalue weighted by Crippen LogP contribution is -2.52. The summed E-state index contributed by atoms with van der Waals surface area (Å²) >= 11 is 2.23. The van der Waals surface area contributed by atoms with Gasteiger partial charge in [-0.3, -0.25) is 9.47 Å². The van der Waals surface area contributed by atoms with Gasteiger partial charge in [0, 0.05) is 75.7 Å². The van der Waals surface area contributed by atoms with Crippen molar-refractivity contribution in [3.05, 3.63) is 46.7 Å². The number of methoxy groups -OCH3 is 1. The van der Waals surface area contributed by atoms with Crippen molar-refractivity contribution in [2.75, 3.05) is 63.6 Å². The van der Waals surface area contributed by atoms with E-state index in [4.69, 9.17) is 4.74 Å². The molecule has 1 aromatic carbocycles. The van der Waals surface area contributed by atoms with E-state index in [9.17, 15) is 0 Å². The summed E-state index contributed by atoms with van der Waals surface area (Å²) in [5, 5.41) is 3.32. The predicted molar refractivity (Wildman–Crippen MR) is 142 cm³/mol. The number of hydrogen-bond donors (Lipinski definition) is 1. The molecule has 2 aromatic heterocycles. The smallest absolute Gasteiger partial charge is 0.229 e. The maximum atomic E-state index is 5.73. The van der Waals surface area contributed by atoms with Crippen molar-refractivity contribution in [3.63, 3.8) is 0 Å². The molecule has 0 bridgehead atoms. The molecule has 0 radical (unpaired) electrons. The fourth-order valence-corrected chi connectivity index (χ4v) is 5.30. The van der Waals surface area contributed by atoms with Gasteiger partial charge in [0.1, 0.15) is 12.1 Å². The Morgan fingerprint density at radius 1 is 1.09 bits per heavy atom. The zero-order chi connectivity index (χ0) is 23.5. The van der Waals surface area contributed by atoms with Gasteiger partial charge < -0.3 is 19.9 Å². The average molecular weight is 574 g/mol. The lowest BCUT2D eigenvalue weighted by molar-refractivity contribution is 0.0982. The molecule has 34 heavy (non-hydrogen) atoms. The number of anilines is 3. The van der Waals surface area contributed by atoms with Gasteiger partial charge in [-0.1, -0.05) is 0 Å². The standard InChI is InChI=1S/C24H31IN8O/c1-30-11-13-32(14-12-30)18-5-8-31(9-6-18)19-3-4-21(22(15-19)34-2)28-24-27-16-20(25)23(29-24)33-10-7-26-17-33/h3-4,7,10,15-18H,5-6,8-9,11-14H2,1-2H3,(H,27,28,29). The van der Waals surface area contributed by atoms with Crippen LogP contribution in [-0.4, -0.2) is 88.8 Å². The molecule has 0 spiro atoms. The van der Waals surface area contributed by atoms with Crippen LogP contribution in [0.3, 0.4) is 0 Å². The normalized spacial score (nSPS) is 18.3. The Morgan fingerprint density at radius 3 is 2.59 bits per heavy atom. The minimum atomic E-state index is 0.517. The minimum absolute atomic E-state index is 0.517. The number of likely N-dealkylation sites (N-methyl/N-ethyl adjacent to an activating group) is 1. The first-order chi connectivity index (χ1) is 16.6. The fraction of sp³-hybridized carbons (Fsp3) is 0.458. The highest BCUT2D eigenvalue weighted by molar-refractivity contribution is 14.1. The molecule has 2 aliphatic rings. The Kier molecular flexibility index (Phi) is 7.16. The largest absolute Gasteiger partial charge is 0.494 e. The highest BCUT2D eigenvalue weighted by atomic mass is 127. The lowest BCUT2D eigenvalue weighted by atomic mass is 10.0. The Labute approximate surface area is 214 Å². The van der Waals surface area contributed by atoms with Crippen LogP contribution in [-0.2, 0) is 0 Å². The van der Waals surface area contributed by atoms with Crippen molar-refractivity contribution in [1.82, 2.24) is 29.3 Å². The van der Waals surface area contributed by atoms with E-state index in [0.29, 0.717) is 12.0 Å². The first-order valence-corrected chi connectivity index (χ1v) is 12.8. The number of nitrogens with one attached hydrogen (secondary N) is 1. The molecule has 3 aromatic rings. The molecule has 0 atom stereocenters. The second-order valence-electron chi connectivity index (χ2n) is 8.90. The second kappa shape index (κ2) is 10.4. The number of hydrogen-bond acceptors (Lipinski definition) is 8. The topological polar surface area (TPSA) is 74.6 Å². The molecule has 0 saturated carbocycles. The van der Waals surface area contributed by atoms with Gasteiger partial charge in [0.2, 0.25) is 5.95 Å². The molecule has 2 saturated heterocycles. The minimum Gasteiger partial charge on any atom is -0.494 e. The van der Waals surface area contributed by atoms with Crippen LogP contribution in [0.15, 0.2) is 43.1 Å². The fourth-order valence-electron chi connectivity index (χ4n) is 4.76. The SMILES string of the molecule is COc1cc(N2CCC(N3CCN(C)CC3)CC2)ccc1Nc1ncc(I)c(-n2ccnc2)n1. The van der Waals surface area contributed by atoms with Gasteiger partial charge >= 0.3 is 0 Å². The van der Waals surface area contributed by atoms with Crippen LogP contribution in [0.5, 0.6) is 5.75 Å². The summed E-state index contributed by atoms with van der Waals surface area (Å²) in [6.07, 6.45) is 9.56. The second-order valence-corrected chi connectivity index (χ2v) is 10.1. The number of aromatic nitrogens is 4. The van der Waals surface area contributed by atoms with Crippen LogP contribution in [0.2, 0.25) is 0 Å². The number of halogens is 1. The van der Waals surface area contributed by atoms with Gasteiger partial charge in [-0.25, -0.2) is 9.97 Å². The molecule has 2 fully saturated rings. The summed E-state index contributed by atoms with van der Waals surface area (Å²) in [5.41, 5.74) is 2.04. The number of piperazine rings is 1. The molecule has 0 amide bonds. The first kappa shape index (κ1) is 23.3. The molecule has 0 unspecified atom stereocenters. The molecule has 0 aliphatic carbocycles. The molecule has 10 heteroatoms. The summed E-state index contributed by atoms with van der Waals surface area (Å²) in [6, 6.07) is 7.03. The maximum Gasteiger partial charge on any atom is 0.229 e. The summed E-state index contributed by atoms with van der Waals surface area (Å²) in [7, 11) is 3.92. The van der Waals surface area contributed by atoms with Crippen LogP contribution in [0, 0.1) is 3.57 Å². The number of ether oxygens (including phenoxy) is 1. The molecular weight excluding hydrogens is 543 g/mol. The number of nitrogens with zero attached hydrogens (tertiary/aromatic N) is 7. The van der Waals surface area contributed by atoms with Crippen molar-refractivity contribution in [1.29, 1.82) is 0 Å². The van der Waals surface area contributed by atoms with E-state index in [-0.39, 0.29) is 0 Å². The van der Waals surface area contributed by atoms with Crippen LogP contribution in [0.25, 0.3) is 5.82 Å². The molecular formula is C24H31IN8O. The highest BCUT2D eigenvalue weighted by Gasteiger charge is 2.27. The van der Waals surface area contributed by atoms with Crippen LogP contribution in [0.1, 0.15) is 12.8 Å². The van der Waals surface area contributed by atoms with Gasteiger partial charge in [-0.05, 0) is 54.6 Å². The highest BCUT2D eigenvalue weighted by Crippen LogP contribution is 2.33. The van der Waals surface area contributed by atoms with E-state index >= 15 is 0 Å². The van der Waals surface area contributed by atoms with Crippen molar-refractivity contribution in [2.24, 2.45) is 0 Å². The zero-order valence-corrected chi connectivity index (χ0v) is 21.8. The molecule has 2 aliphatic heterocycles. The van der Waals surface area contributed by atoms with Gasteiger partial charge in [0.05, 0.1) is 16.4 Å². The number of rotatable bonds is 6. The molecule has 9 nitrogen and oxygen atoms in total. The van der Waals surface area contributed by atoms with Crippen molar-refractivity contribution in [2.45, 2.75) is 18.9 Å². The third-order valence-corrected chi connectivity index (χ3v) is 7.55. The molecule has 4 heterocycles. The monoisotopic (exact) mass is 574 g/mol. The van der Waals surface area contributed by atoms with E-state index in [1.165, 1.54) is 44.7 Å². The summed E-state index contributed by atoms with van der Waals surface area (Å²) in [5.74, 6) is 2.09. The van der Waals surface area contributed by atoms with Crippen LogP contribution >= 0.6 is 22.6 Å². The Morgan fingerprint density at radius 2 is 1.88 bits per heavy atom. The number of imidazole rings is 1. The third-order valence-electron chi connectivity index (χ3n) is 6.79. The predicted octanol–water partition coefficient (Wildman–Crippen LogP) is 3.24.